The van der Waals surface area contributed by atoms with E-state index in [1.165, 1.54) is 38.8 Å². The number of phenols is 1. The summed E-state index contributed by atoms with van der Waals surface area (Å²) in [6, 6.07) is 5.55. The molecule has 20 heavy (non-hydrogen) atoms. The van der Waals surface area contributed by atoms with Crippen LogP contribution in [0, 0.1) is 0 Å². The Morgan fingerprint density at radius 3 is 2.60 bits per heavy atom. The van der Waals surface area contributed by atoms with E-state index in [2.05, 4.69) is 10.2 Å². The van der Waals surface area contributed by atoms with E-state index in [0.717, 1.165) is 25.2 Å². The summed E-state index contributed by atoms with van der Waals surface area (Å²) >= 11 is 0. The highest BCUT2D eigenvalue weighted by molar-refractivity contribution is 5.41. The molecule has 0 radical (unpaired) electrons. The summed E-state index contributed by atoms with van der Waals surface area (Å²) in [6.07, 6.45) is 5.45. The predicted molar refractivity (Wildman–Crippen MR) is 81.3 cm³/mol. The number of hydrogen-bond donors (Lipinski definition) is 2. The van der Waals surface area contributed by atoms with Crippen LogP contribution in [0.3, 0.4) is 0 Å². The van der Waals surface area contributed by atoms with Crippen molar-refractivity contribution in [1.82, 2.24) is 10.2 Å². The molecule has 4 heteroatoms. The molecule has 0 amide bonds. The van der Waals surface area contributed by atoms with Crippen LogP contribution in [0.15, 0.2) is 18.2 Å². The molecule has 2 N–H and O–H groups in total. The van der Waals surface area contributed by atoms with Gasteiger partial charge >= 0.3 is 0 Å². The molecule has 0 aliphatic carbocycles. The zero-order valence-electron chi connectivity index (χ0n) is 12.4. The van der Waals surface area contributed by atoms with Gasteiger partial charge in [0.15, 0.2) is 11.5 Å². The van der Waals surface area contributed by atoms with Gasteiger partial charge in [-0.15, -0.1) is 0 Å². The summed E-state index contributed by atoms with van der Waals surface area (Å²) < 4.78 is 5.04. The fraction of sp³-hybridized carbons (Fsp3) is 0.625. The standard InChI is InChI=1S/C16H26N2O2/c1-20-16-7-6-14(12-15(16)19)13-17-8-11-18-9-4-2-3-5-10-18/h6-7,12,17,19H,2-5,8-11,13H2,1H3. The minimum Gasteiger partial charge on any atom is -0.504 e. The third-order valence-electron chi connectivity index (χ3n) is 3.88. The van der Waals surface area contributed by atoms with Crippen LogP contribution >= 0.6 is 0 Å². The topological polar surface area (TPSA) is 44.7 Å². The number of rotatable bonds is 6. The lowest BCUT2D eigenvalue weighted by molar-refractivity contribution is 0.284. The molecule has 0 saturated carbocycles. The molecular formula is C16H26N2O2. The van der Waals surface area contributed by atoms with E-state index in [4.69, 9.17) is 4.74 Å². The van der Waals surface area contributed by atoms with Crippen LogP contribution in [0.25, 0.3) is 0 Å². The van der Waals surface area contributed by atoms with Crippen molar-refractivity contribution in [3.8, 4) is 11.5 Å². The van der Waals surface area contributed by atoms with Crippen LogP contribution in [-0.2, 0) is 6.54 Å². The van der Waals surface area contributed by atoms with Gasteiger partial charge in [0.05, 0.1) is 7.11 Å². The van der Waals surface area contributed by atoms with Crippen LogP contribution in [0.1, 0.15) is 31.2 Å². The maximum atomic E-state index is 9.72. The molecule has 1 fully saturated rings. The Morgan fingerprint density at radius 2 is 1.95 bits per heavy atom. The fourth-order valence-electron chi connectivity index (χ4n) is 2.68. The highest BCUT2D eigenvalue weighted by atomic mass is 16.5. The number of phenolic OH excluding ortho intramolecular Hbond substituents is 1. The number of ether oxygens (including phenoxy) is 1. The van der Waals surface area contributed by atoms with Crippen LogP contribution in [0.2, 0.25) is 0 Å². The number of benzene rings is 1. The lowest BCUT2D eigenvalue weighted by Crippen LogP contribution is -2.32. The first-order chi connectivity index (χ1) is 9.79. The van der Waals surface area contributed by atoms with Crippen molar-refractivity contribution in [2.75, 3.05) is 33.3 Å². The summed E-state index contributed by atoms with van der Waals surface area (Å²) in [5.74, 6) is 0.734. The second kappa shape index (κ2) is 8.12. The number of nitrogens with one attached hydrogen (secondary N) is 1. The number of nitrogens with zero attached hydrogens (tertiary/aromatic N) is 1. The largest absolute Gasteiger partial charge is 0.504 e. The molecule has 1 aromatic rings. The molecule has 1 aromatic carbocycles. The Labute approximate surface area is 121 Å². The summed E-state index contributed by atoms with van der Waals surface area (Å²) in [6.45, 7) is 5.37. The van der Waals surface area contributed by atoms with E-state index in [0.29, 0.717) is 5.75 Å². The highest BCUT2D eigenvalue weighted by Gasteiger charge is 2.08. The number of aromatic hydroxyl groups is 1. The zero-order chi connectivity index (χ0) is 14.2. The van der Waals surface area contributed by atoms with E-state index in [1.807, 2.05) is 6.07 Å². The van der Waals surface area contributed by atoms with Crippen molar-refractivity contribution < 1.29 is 9.84 Å². The van der Waals surface area contributed by atoms with Gasteiger partial charge in [-0.25, -0.2) is 0 Å². The van der Waals surface area contributed by atoms with Gasteiger partial charge in [-0.3, -0.25) is 0 Å². The second-order valence-electron chi connectivity index (χ2n) is 5.44. The molecule has 1 aliphatic rings. The minimum atomic E-state index is 0.208. The van der Waals surface area contributed by atoms with E-state index < -0.39 is 0 Å². The predicted octanol–water partition coefficient (Wildman–Crippen LogP) is 2.37. The number of likely N-dealkylation sites (tertiary alicyclic amines) is 1. The van der Waals surface area contributed by atoms with Crippen LogP contribution in [0.4, 0.5) is 0 Å². The monoisotopic (exact) mass is 278 g/mol. The van der Waals surface area contributed by atoms with Crippen LogP contribution < -0.4 is 10.1 Å². The normalized spacial score (nSPS) is 16.9. The first-order valence-corrected chi connectivity index (χ1v) is 7.58. The van der Waals surface area contributed by atoms with Crippen LogP contribution in [0.5, 0.6) is 11.5 Å². The lowest BCUT2D eigenvalue weighted by atomic mass is 10.2. The summed E-state index contributed by atoms with van der Waals surface area (Å²) in [5.41, 5.74) is 1.08. The van der Waals surface area contributed by atoms with E-state index >= 15 is 0 Å². The maximum absolute atomic E-state index is 9.72. The molecule has 0 aromatic heterocycles. The summed E-state index contributed by atoms with van der Waals surface area (Å²) in [4.78, 5) is 2.55. The molecule has 0 unspecified atom stereocenters. The van der Waals surface area contributed by atoms with Crippen molar-refractivity contribution in [2.45, 2.75) is 32.2 Å². The van der Waals surface area contributed by atoms with Crippen molar-refractivity contribution >= 4 is 0 Å². The van der Waals surface area contributed by atoms with Gasteiger partial charge in [0.25, 0.3) is 0 Å². The molecule has 0 atom stereocenters. The third kappa shape index (κ3) is 4.69. The Hall–Kier alpha value is -1.26. The Bertz CT molecular complexity index is 401. The molecule has 0 bridgehead atoms. The van der Waals surface area contributed by atoms with E-state index in [1.54, 1.807) is 19.2 Å². The summed E-state index contributed by atoms with van der Waals surface area (Å²) in [7, 11) is 1.56. The molecule has 2 rings (SSSR count). The molecular weight excluding hydrogens is 252 g/mol. The van der Waals surface area contributed by atoms with Crippen molar-refractivity contribution in [1.29, 1.82) is 0 Å². The number of hydrogen-bond acceptors (Lipinski definition) is 4. The maximum Gasteiger partial charge on any atom is 0.160 e. The lowest BCUT2D eigenvalue weighted by Gasteiger charge is -2.19. The molecule has 1 heterocycles. The molecule has 112 valence electrons. The molecule has 1 saturated heterocycles. The van der Waals surface area contributed by atoms with Crippen LogP contribution in [-0.4, -0.2) is 43.3 Å². The number of methoxy groups -OCH3 is 1. The Morgan fingerprint density at radius 1 is 1.20 bits per heavy atom. The van der Waals surface area contributed by atoms with E-state index in [9.17, 15) is 5.11 Å². The minimum absolute atomic E-state index is 0.208. The Balaban J connectivity index is 1.68. The Kier molecular flexibility index (Phi) is 6.15. The first kappa shape index (κ1) is 15.1. The van der Waals surface area contributed by atoms with E-state index in [-0.39, 0.29) is 5.75 Å². The van der Waals surface area contributed by atoms with Gasteiger partial charge in [0.1, 0.15) is 0 Å². The average molecular weight is 278 g/mol. The molecule has 0 spiro atoms. The SMILES string of the molecule is COc1ccc(CNCCN2CCCCCC2)cc1O. The first-order valence-electron chi connectivity index (χ1n) is 7.58. The van der Waals surface area contributed by atoms with Crippen molar-refractivity contribution in [3.05, 3.63) is 23.8 Å². The highest BCUT2D eigenvalue weighted by Crippen LogP contribution is 2.25. The fourth-order valence-corrected chi connectivity index (χ4v) is 2.68. The zero-order valence-corrected chi connectivity index (χ0v) is 12.4. The smallest absolute Gasteiger partial charge is 0.160 e. The van der Waals surface area contributed by atoms with Gasteiger partial charge in [-0.2, -0.15) is 0 Å². The van der Waals surface area contributed by atoms with Gasteiger partial charge in [-0.05, 0) is 43.6 Å². The van der Waals surface area contributed by atoms with Gasteiger partial charge < -0.3 is 20.1 Å². The van der Waals surface area contributed by atoms with Crippen molar-refractivity contribution in [3.63, 3.8) is 0 Å². The molecule has 1 aliphatic heterocycles. The quantitative estimate of drug-likeness (QED) is 0.784. The summed E-state index contributed by atoms with van der Waals surface area (Å²) in [5, 5.41) is 13.2. The van der Waals surface area contributed by atoms with Gasteiger partial charge in [-0.1, -0.05) is 18.9 Å². The average Bonchev–Trinajstić information content (AvgIpc) is 2.72. The third-order valence-corrected chi connectivity index (χ3v) is 3.88. The van der Waals surface area contributed by atoms with Crippen molar-refractivity contribution in [2.24, 2.45) is 0 Å². The van der Waals surface area contributed by atoms with Gasteiger partial charge in [0.2, 0.25) is 0 Å². The van der Waals surface area contributed by atoms with Gasteiger partial charge in [0, 0.05) is 19.6 Å². The second-order valence-corrected chi connectivity index (χ2v) is 5.44. The molecule has 4 nitrogen and oxygen atoms in total.